The van der Waals surface area contributed by atoms with Gasteiger partial charge in [-0.1, -0.05) is 0 Å². The first kappa shape index (κ1) is 9.34. The number of rotatable bonds is 1. The van der Waals surface area contributed by atoms with Gasteiger partial charge < -0.3 is 34.3 Å². The molecule has 76 valence electrons. The second kappa shape index (κ2) is 2.64. The fourth-order valence-electron chi connectivity index (χ4n) is 1.64. The Morgan fingerprint density at radius 2 is 2.15 bits per heavy atom. The number of hydrogen-bond donors (Lipinski definition) is 4. The van der Waals surface area contributed by atoms with Gasteiger partial charge in [-0.15, -0.1) is 0 Å². The van der Waals surface area contributed by atoms with Gasteiger partial charge in [-0.25, -0.2) is 0 Å². The van der Waals surface area contributed by atoms with Crippen molar-refractivity contribution >= 4 is 6.96 Å². The van der Waals surface area contributed by atoms with Crippen LogP contribution in [0.4, 0.5) is 0 Å². The second-order valence-corrected chi connectivity index (χ2v) is 3.16. The number of aliphatic hydroxyl groups is 2. The highest BCUT2D eigenvalue weighted by Gasteiger charge is 2.59. The highest BCUT2D eigenvalue weighted by atomic mass is 16.9. The molecule has 0 saturated carbocycles. The van der Waals surface area contributed by atoms with Gasteiger partial charge in [-0.2, -0.15) is 0 Å². The minimum atomic E-state index is -3.44. The van der Waals surface area contributed by atoms with Crippen LogP contribution in [-0.4, -0.2) is 58.4 Å². The van der Waals surface area contributed by atoms with E-state index in [1.807, 2.05) is 0 Å². The Bertz CT molecular complexity index is 221. The molecule has 0 aromatic rings. The Hall–Kier alpha value is -0.215. The van der Waals surface area contributed by atoms with Gasteiger partial charge in [0.2, 0.25) is 0 Å². The minimum absolute atomic E-state index is 0.0720. The molecule has 2 fully saturated rings. The van der Waals surface area contributed by atoms with Gasteiger partial charge >= 0.3 is 6.96 Å². The first-order valence-electron chi connectivity index (χ1n) is 3.88. The summed E-state index contributed by atoms with van der Waals surface area (Å²) in [5, 5.41) is 36.2. The van der Waals surface area contributed by atoms with Gasteiger partial charge in [0, 0.05) is 0 Å². The summed E-state index contributed by atoms with van der Waals surface area (Å²) in [6.07, 6.45) is -2.09. The monoisotopic (exact) mass is 193 g/mol. The SMILES string of the molecule is OC[C@]12OC[C@H](O)[C@H]1O[B-](O)(O)O2. The lowest BCUT2D eigenvalue weighted by Gasteiger charge is -2.29. The lowest BCUT2D eigenvalue weighted by molar-refractivity contribution is -0.188. The van der Waals surface area contributed by atoms with Crippen LogP contribution in [0.15, 0.2) is 0 Å². The molecular weight excluding hydrogens is 183 g/mol. The van der Waals surface area contributed by atoms with Crippen molar-refractivity contribution in [2.45, 2.75) is 18.0 Å². The van der Waals surface area contributed by atoms with Crippen LogP contribution < -0.4 is 0 Å². The van der Waals surface area contributed by atoms with Gasteiger partial charge in [0.25, 0.3) is 0 Å². The first-order chi connectivity index (χ1) is 5.99. The molecule has 0 radical (unpaired) electrons. The van der Waals surface area contributed by atoms with E-state index in [0.717, 1.165) is 0 Å². The molecule has 7 nitrogen and oxygen atoms in total. The zero-order valence-corrected chi connectivity index (χ0v) is 6.66. The van der Waals surface area contributed by atoms with Crippen molar-refractivity contribution in [3.8, 4) is 0 Å². The molecule has 0 aromatic heterocycles. The predicted octanol–water partition coefficient (Wildman–Crippen LogP) is -3.10. The molecule has 2 rings (SSSR count). The summed E-state index contributed by atoms with van der Waals surface area (Å²) in [7, 11) is 0. The van der Waals surface area contributed by atoms with Gasteiger partial charge in [0.15, 0.2) is 5.79 Å². The van der Waals surface area contributed by atoms with Gasteiger partial charge in [-0.05, 0) is 0 Å². The Morgan fingerprint density at radius 3 is 2.69 bits per heavy atom. The van der Waals surface area contributed by atoms with Gasteiger partial charge in [0.05, 0.1) is 19.3 Å². The summed E-state index contributed by atoms with van der Waals surface area (Å²) in [5.41, 5.74) is 0. The summed E-state index contributed by atoms with van der Waals surface area (Å²) in [4.78, 5) is 0. The highest BCUT2D eigenvalue weighted by Crippen LogP contribution is 2.38. The molecule has 3 atom stereocenters. The summed E-state index contributed by atoms with van der Waals surface area (Å²) in [6, 6.07) is 0. The molecule has 0 spiro atoms. The molecule has 0 aromatic carbocycles. The quantitative estimate of drug-likeness (QED) is 0.326. The number of ether oxygens (including phenoxy) is 1. The summed E-state index contributed by atoms with van der Waals surface area (Å²) < 4.78 is 14.1. The Morgan fingerprint density at radius 1 is 1.46 bits per heavy atom. The van der Waals surface area contributed by atoms with Crippen LogP contribution in [0, 0.1) is 0 Å². The van der Waals surface area contributed by atoms with Crippen molar-refractivity contribution in [1.82, 2.24) is 0 Å². The van der Waals surface area contributed by atoms with Gasteiger partial charge in [0.1, 0.15) is 6.10 Å². The molecule has 13 heavy (non-hydrogen) atoms. The maximum atomic E-state index is 9.27. The molecule has 0 aliphatic carbocycles. The number of hydrogen-bond acceptors (Lipinski definition) is 7. The summed E-state index contributed by atoms with van der Waals surface area (Å²) in [5.74, 6) is -1.64. The molecule has 2 heterocycles. The fraction of sp³-hybridized carbons (Fsp3) is 1.00. The second-order valence-electron chi connectivity index (χ2n) is 3.16. The third kappa shape index (κ3) is 1.27. The Kier molecular flexibility index (Phi) is 1.90. The van der Waals surface area contributed by atoms with E-state index in [9.17, 15) is 5.11 Å². The van der Waals surface area contributed by atoms with E-state index in [-0.39, 0.29) is 6.61 Å². The molecular formula is C5H10BO7-. The lowest BCUT2D eigenvalue weighted by Crippen LogP contribution is -2.45. The third-order valence-electron chi connectivity index (χ3n) is 2.18. The zero-order valence-electron chi connectivity index (χ0n) is 6.66. The number of fused-ring (bicyclic) bond motifs is 1. The fourth-order valence-corrected chi connectivity index (χ4v) is 1.64. The normalized spacial score (nSPS) is 48.0. The average molecular weight is 193 g/mol. The van der Waals surface area contributed by atoms with E-state index in [0.29, 0.717) is 0 Å². The van der Waals surface area contributed by atoms with Crippen molar-refractivity contribution in [3.63, 3.8) is 0 Å². The zero-order chi connectivity index (χ0) is 9.69. The van der Waals surface area contributed by atoms with Crippen molar-refractivity contribution in [2.75, 3.05) is 13.2 Å². The molecule has 2 aliphatic heterocycles. The standard InChI is InChI=1S/C5H10BO7/c7-2-5-4(3(8)1-11-5)12-6(9,10)13-5/h3-4,7-10H,1-2H2/q-1/t3-,4+,5+/m0/s1. The Balaban J connectivity index is 2.24. The van der Waals surface area contributed by atoms with Crippen LogP contribution >= 0.6 is 0 Å². The first-order valence-corrected chi connectivity index (χ1v) is 3.88. The average Bonchev–Trinajstić information content (AvgIpc) is 2.47. The molecule has 2 aliphatic rings. The maximum absolute atomic E-state index is 9.27. The van der Waals surface area contributed by atoms with E-state index < -0.39 is 31.6 Å². The molecule has 0 bridgehead atoms. The largest absolute Gasteiger partial charge is 0.533 e. The summed E-state index contributed by atoms with van der Waals surface area (Å²) in [6.45, 7) is -4.13. The van der Waals surface area contributed by atoms with Crippen molar-refractivity contribution in [3.05, 3.63) is 0 Å². The van der Waals surface area contributed by atoms with E-state index in [2.05, 4.69) is 9.31 Å². The minimum Gasteiger partial charge on any atom is -0.533 e. The predicted molar refractivity (Wildman–Crippen MR) is 37.9 cm³/mol. The van der Waals surface area contributed by atoms with E-state index in [4.69, 9.17) is 19.9 Å². The molecule has 0 amide bonds. The van der Waals surface area contributed by atoms with Crippen LogP contribution in [0.5, 0.6) is 0 Å². The van der Waals surface area contributed by atoms with Crippen LogP contribution in [0.3, 0.4) is 0 Å². The van der Waals surface area contributed by atoms with E-state index in [1.165, 1.54) is 0 Å². The van der Waals surface area contributed by atoms with Crippen molar-refractivity contribution in [1.29, 1.82) is 0 Å². The van der Waals surface area contributed by atoms with Crippen molar-refractivity contribution in [2.24, 2.45) is 0 Å². The van der Waals surface area contributed by atoms with Crippen molar-refractivity contribution < 1.29 is 34.3 Å². The Labute approximate surface area is 73.5 Å². The highest BCUT2D eigenvalue weighted by molar-refractivity contribution is 6.51. The number of aliphatic hydroxyl groups excluding tert-OH is 2. The van der Waals surface area contributed by atoms with E-state index in [1.54, 1.807) is 0 Å². The molecule has 8 heteroatoms. The lowest BCUT2D eigenvalue weighted by atomic mass is 10.1. The molecule has 0 unspecified atom stereocenters. The van der Waals surface area contributed by atoms with Crippen LogP contribution in [0.25, 0.3) is 0 Å². The topological polar surface area (TPSA) is 109 Å². The summed E-state index contributed by atoms with van der Waals surface area (Å²) >= 11 is 0. The van der Waals surface area contributed by atoms with Crippen LogP contribution in [0.1, 0.15) is 0 Å². The van der Waals surface area contributed by atoms with Crippen LogP contribution in [0.2, 0.25) is 0 Å². The molecule has 4 N–H and O–H groups in total. The maximum Gasteiger partial charge on any atom is 0.528 e. The van der Waals surface area contributed by atoms with Gasteiger partial charge in [-0.3, -0.25) is 0 Å². The van der Waals surface area contributed by atoms with E-state index >= 15 is 0 Å². The third-order valence-corrected chi connectivity index (χ3v) is 2.18. The molecule has 2 saturated heterocycles. The smallest absolute Gasteiger partial charge is 0.528 e. The van der Waals surface area contributed by atoms with Crippen LogP contribution in [-0.2, 0) is 14.0 Å².